The molecule has 1 heterocycles. The van der Waals surface area contributed by atoms with Gasteiger partial charge in [0.25, 0.3) is 0 Å². The zero-order chi connectivity index (χ0) is 8.60. The van der Waals surface area contributed by atoms with E-state index in [2.05, 4.69) is 0 Å². The molecule has 0 atom stereocenters. The van der Waals surface area contributed by atoms with Crippen LogP contribution in [0.5, 0.6) is 0 Å². The normalized spacial score (nSPS) is 25.0. The van der Waals surface area contributed by atoms with Crippen LogP contribution < -0.4 is 0 Å². The van der Waals surface area contributed by atoms with E-state index in [1.165, 1.54) is 5.06 Å². The summed E-state index contributed by atoms with van der Waals surface area (Å²) < 4.78 is 0. The van der Waals surface area contributed by atoms with Crippen molar-refractivity contribution in [3.8, 4) is 0 Å². The molecule has 12 heavy (non-hydrogen) atoms. The Morgan fingerprint density at radius 3 is 2.83 bits per heavy atom. The first kappa shape index (κ1) is 7.73. The summed E-state index contributed by atoms with van der Waals surface area (Å²) in [5, 5.41) is 1.33. The van der Waals surface area contributed by atoms with Gasteiger partial charge in [-0.3, -0.25) is 9.63 Å². The lowest BCUT2D eigenvalue weighted by Gasteiger charge is -2.13. The lowest BCUT2D eigenvalue weighted by molar-refractivity contribution is -0.178. The van der Waals surface area contributed by atoms with Crippen LogP contribution >= 0.6 is 0 Å². The molecule has 0 aromatic carbocycles. The maximum Gasteiger partial charge on any atom is 0.249 e. The van der Waals surface area contributed by atoms with Crippen molar-refractivity contribution in [3.63, 3.8) is 0 Å². The van der Waals surface area contributed by atoms with Gasteiger partial charge in [0.05, 0.1) is 13.0 Å². The molecule has 66 valence electrons. The summed E-state index contributed by atoms with van der Waals surface area (Å²) >= 11 is 0. The van der Waals surface area contributed by atoms with E-state index in [0.29, 0.717) is 19.4 Å². The van der Waals surface area contributed by atoms with Crippen LogP contribution in [-0.2, 0) is 14.4 Å². The number of amides is 1. The van der Waals surface area contributed by atoms with Crippen molar-refractivity contribution in [3.05, 3.63) is 0 Å². The van der Waals surface area contributed by atoms with Gasteiger partial charge in [-0.25, -0.2) is 5.06 Å². The highest BCUT2D eigenvalue weighted by Gasteiger charge is 2.53. The Balaban J connectivity index is 1.90. The maximum atomic E-state index is 11.2. The van der Waals surface area contributed by atoms with Crippen molar-refractivity contribution in [1.82, 2.24) is 5.06 Å². The minimum absolute atomic E-state index is 0.0225. The standard InChI is InChI=1S/C8H11NO3/c10-5-1-4-9-7(11)6-8(12-9)2-3-8/h5H,1-4,6H2. The molecule has 2 rings (SSSR count). The van der Waals surface area contributed by atoms with Gasteiger partial charge in [0.2, 0.25) is 5.91 Å². The second kappa shape index (κ2) is 2.55. The Morgan fingerprint density at radius 1 is 1.58 bits per heavy atom. The number of rotatable bonds is 3. The molecule has 0 unspecified atom stereocenters. The summed E-state index contributed by atoms with van der Waals surface area (Å²) in [6.45, 7) is 0.407. The molecule has 0 bridgehead atoms. The molecule has 2 aliphatic rings. The van der Waals surface area contributed by atoms with Gasteiger partial charge in [-0.1, -0.05) is 0 Å². The van der Waals surface area contributed by atoms with E-state index in [1.807, 2.05) is 0 Å². The van der Waals surface area contributed by atoms with Crippen LogP contribution in [0.1, 0.15) is 25.7 Å². The fourth-order valence-corrected chi connectivity index (χ4v) is 1.43. The van der Waals surface area contributed by atoms with Crippen LogP contribution in [0.25, 0.3) is 0 Å². The Hall–Kier alpha value is -0.900. The second-order valence-electron chi connectivity index (χ2n) is 3.40. The average Bonchev–Trinajstić information content (AvgIpc) is 2.70. The first-order valence-corrected chi connectivity index (χ1v) is 4.19. The SMILES string of the molecule is O=CCCN1OC2(CC2)CC1=O. The molecule has 1 amide bonds. The highest BCUT2D eigenvalue weighted by molar-refractivity contribution is 5.78. The number of hydrogen-bond donors (Lipinski definition) is 0. The van der Waals surface area contributed by atoms with Gasteiger partial charge in [-0.2, -0.15) is 0 Å². The first-order valence-electron chi connectivity index (χ1n) is 4.19. The number of carbonyl (C=O) groups excluding carboxylic acids is 2. The van der Waals surface area contributed by atoms with Crippen molar-refractivity contribution in [2.24, 2.45) is 0 Å². The Kier molecular flexibility index (Phi) is 1.65. The molecule has 4 nitrogen and oxygen atoms in total. The third-order valence-electron chi connectivity index (χ3n) is 2.31. The fourth-order valence-electron chi connectivity index (χ4n) is 1.43. The van der Waals surface area contributed by atoms with E-state index >= 15 is 0 Å². The maximum absolute atomic E-state index is 11.2. The molecule has 1 saturated heterocycles. The minimum Gasteiger partial charge on any atom is -0.303 e. The zero-order valence-corrected chi connectivity index (χ0v) is 6.78. The first-order chi connectivity index (χ1) is 5.76. The zero-order valence-electron chi connectivity index (χ0n) is 6.78. The van der Waals surface area contributed by atoms with Crippen molar-refractivity contribution in [2.45, 2.75) is 31.3 Å². The van der Waals surface area contributed by atoms with Crippen LogP contribution in [-0.4, -0.2) is 29.4 Å². The van der Waals surface area contributed by atoms with Crippen molar-refractivity contribution in [1.29, 1.82) is 0 Å². The van der Waals surface area contributed by atoms with E-state index < -0.39 is 0 Å². The molecule has 2 fully saturated rings. The summed E-state index contributed by atoms with van der Waals surface area (Å²) in [5.41, 5.74) is -0.153. The van der Waals surface area contributed by atoms with Crippen LogP contribution in [0.2, 0.25) is 0 Å². The topological polar surface area (TPSA) is 46.6 Å². The molecule has 4 heteroatoms. The molecule has 1 aliphatic carbocycles. The lowest BCUT2D eigenvalue weighted by Crippen LogP contribution is -2.25. The predicted octanol–water partition coefficient (Wildman–Crippen LogP) is 0.272. The summed E-state index contributed by atoms with van der Waals surface area (Å²) in [5.74, 6) is 0.0225. The minimum atomic E-state index is -0.153. The quantitative estimate of drug-likeness (QED) is 0.570. The number of nitrogens with zero attached hydrogens (tertiary/aromatic N) is 1. The second-order valence-corrected chi connectivity index (χ2v) is 3.40. The van der Waals surface area contributed by atoms with Crippen molar-refractivity contribution < 1.29 is 14.4 Å². The van der Waals surface area contributed by atoms with E-state index in [9.17, 15) is 9.59 Å². The molecular weight excluding hydrogens is 158 g/mol. The average molecular weight is 169 g/mol. The van der Waals surface area contributed by atoms with Gasteiger partial charge in [0.15, 0.2) is 0 Å². The van der Waals surface area contributed by atoms with Gasteiger partial charge in [0.1, 0.15) is 11.9 Å². The molecule has 1 aliphatic heterocycles. The van der Waals surface area contributed by atoms with Crippen LogP contribution in [0.15, 0.2) is 0 Å². The van der Waals surface area contributed by atoms with Gasteiger partial charge in [-0.05, 0) is 12.8 Å². The number of aldehydes is 1. The summed E-state index contributed by atoms with van der Waals surface area (Å²) in [7, 11) is 0. The van der Waals surface area contributed by atoms with E-state index in [0.717, 1.165) is 19.1 Å². The molecular formula is C8H11NO3. The molecule has 0 N–H and O–H groups in total. The van der Waals surface area contributed by atoms with Gasteiger partial charge in [0, 0.05) is 6.42 Å². The van der Waals surface area contributed by atoms with Gasteiger partial charge in [-0.15, -0.1) is 0 Å². The Bertz CT molecular complexity index is 222. The molecule has 0 radical (unpaired) electrons. The number of hydroxylamine groups is 2. The Morgan fingerprint density at radius 2 is 2.33 bits per heavy atom. The predicted molar refractivity (Wildman–Crippen MR) is 40.1 cm³/mol. The van der Waals surface area contributed by atoms with Crippen LogP contribution in [0.3, 0.4) is 0 Å². The van der Waals surface area contributed by atoms with Crippen LogP contribution in [0.4, 0.5) is 0 Å². The highest BCUT2D eigenvalue weighted by atomic mass is 16.7. The van der Waals surface area contributed by atoms with Crippen LogP contribution in [0, 0.1) is 0 Å². The summed E-state index contributed by atoms with van der Waals surface area (Å²) in [4.78, 5) is 26.7. The summed E-state index contributed by atoms with van der Waals surface area (Å²) in [6.07, 6.45) is 3.63. The lowest BCUT2D eigenvalue weighted by atomic mass is 10.2. The smallest absolute Gasteiger partial charge is 0.249 e. The molecule has 1 spiro atoms. The molecule has 1 saturated carbocycles. The van der Waals surface area contributed by atoms with E-state index in [4.69, 9.17) is 4.84 Å². The van der Waals surface area contributed by atoms with Crippen molar-refractivity contribution in [2.75, 3.05) is 6.54 Å². The summed E-state index contributed by atoms with van der Waals surface area (Å²) in [6, 6.07) is 0. The van der Waals surface area contributed by atoms with E-state index in [1.54, 1.807) is 0 Å². The highest BCUT2D eigenvalue weighted by Crippen LogP contribution is 2.47. The molecule has 0 aromatic rings. The Labute approximate surface area is 70.4 Å². The fraction of sp³-hybridized carbons (Fsp3) is 0.750. The number of carbonyl (C=O) groups is 2. The van der Waals surface area contributed by atoms with Gasteiger partial charge < -0.3 is 4.79 Å². The van der Waals surface area contributed by atoms with Gasteiger partial charge >= 0.3 is 0 Å². The van der Waals surface area contributed by atoms with E-state index in [-0.39, 0.29) is 11.5 Å². The monoisotopic (exact) mass is 169 g/mol. The third kappa shape index (κ3) is 1.22. The largest absolute Gasteiger partial charge is 0.303 e. The number of hydrogen-bond acceptors (Lipinski definition) is 3. The molecule has 0 aromatic heterocycles. The third-order valence-corrected chi connectivity index (χ3v) is 2.31. The van der Waals surface area contributed by atoms with Crippen molar-refractivity contribution >= 4 is 12.2 Å².